The van der Waals surface area contributed by atoms with Crippen LogP contribution in [0.2, 0.25) is 0 Å². The molecule has 0 aliphatic rings. The largest absolute Gasteiger partial charge is 0.354 e. The van der Waals surface area contributed by atoms with Gasteiger partial charge in [-0.25, -0.2) is 4.98 Å². The summed E-state index contributed by atoms with van der Waals surface area (Å²) in [4.78, 5) is 31.9. The van der Waals surface area contributed by atoms with Gasteiger partial charge in [-0.3, -0.25) is 14.2 Å². The van der Waals surface area contributed by atoms with Crippen molar-refractivity contribution in [3.8, 4) is 22.2 Å². The number of nitrogens with one attached hydrogen (secondary N) is 1. The van der Waals surface area contributed by atoms with E-state index in [9.17, 15) is 9.59 Å². The summed E-state index contributed by atoms with van der Waals surface area (Å²) in [5.74, 6) is -0.0991. The van der Waals surface area contributed by atoms with Crippen LogP contribution in [0.15, 0.2) is 76.7 Å². The smallest absolute Gasteiger partial charge is 0.267 e. The second-order valence-corrected chi connectivity index (χ2v) is 8.59. The molecule has 0 radical (unpaired) electrons. The van der Waals surface area contributed by atoms with E-state index < -0.39 is 0 Å². The minimum Gasteiger partial charge on any atom is -0.354 e. The average molecular weight is 447 g/mol. The van der Waals surface area contributed by atoms with Crippen molar-refractivity contribution in [3.63, 3.8) is 0 Å². The minimum absolute atomic E-state index is 0.104. The molecule has 4 rings (SSSR count). The van der Waals surface area contributed by atoms with E-state index in [0.717, 1.165) is 10.4 Å². The molecule has 0 saturated heterocycles. The van der Waals surface area contributed by atoms with E-state index >= 15 is 0 Å². The number of nitrogens with zero attached hydrogens (tertiary/aromatic N) is 3. The SMILES string of the molecule is N#CCCNC(=O)CSc1nc2sc(-c3ccccc3)cc2c(=O)n1-c1ccccc1. The average Bonchev–Trinajstić information content (AvgIpc) is 3.24. The van der Waals surface area contributed by atoms with Crippen LogP contribution in [0.5, 0.6) is 0 Å². The van der Waals surface area contributed by atoms with E-state index in [4.69, 9.17) is 10.2 Å². The van der Waals surface area contributed by atoms with Crippen molar-refractivity contribution in [1.29, 1.82) is 5.26 Å². The summed E-state index contributed by atoms with van der Waals surface area (Å²) < 4.78 is 1.55. The number of thiophene rings is 1. The molecule has 0 bridgehead atoms. The number of carbonyl (C=O) groups is 1. The van der Waals surface area contributed by atoms with Gasteiger partial charge in [-0.05, 0) is 23.8 Å². The molecule has 0 atom stereocenters. The van der Waals surface area contributed by atoms with Crippen molar-refractivity contribution in [3.05, 3.63) is 77.1 Å². The number of fused-ring (bicyclic) bond motifs is 1. The maximum Gasteiger partial charge on any atom is 0.267 e. The molecule has 0 saturated carbocycles. The lowest BCUT2D eigenvalue weighted by atomic mass is 10.2. The lowest BCUT2D eigenvalue weighted by molar-refractivity contribution is -0.118. The summed E-state index contributed by atoms with van der Waals surface area (Å²) in [6.45, 7) is 0.305. The molecule has 6 nitrogen and oxygen atoms in total. The number of amides is 1. The molecule has 0 unspecified atom stereocenters. The molecular weight excluding hydrogens is 428 g/mol. The third-order valence-electron chi connectivity index (χ3n) is 4.50. The lowest BCUT2D eigenvalue weighted by Gasteiger charge is -2.11. The first-order valence-electron chi connectivity index (χ1n) is 9.61. The van der Waals surface area contributed by atoms with Crippen molar-refractivity contribution in [1.82, 2.24) is 14.9 Å². The molecule has 0 aliphatic carbocycles. The maximum atomic E-state index is 13.4. The Morgan fingerprint density at radius 2 is 1.84 bits per heavy atom. The monoisotopic (exact) mass is 446 g/mol. The zero-order valence-corrected chi connectivity index (χ0v) is 18.1. The third kappa shape index (κ3) is 4.68. The number of nitriles is 1. The number of hydrogen-bond donors (Lipinski definition) is 1. The molecule has 0 fully saturated rings. The highest BCUT2D eigenvalue weighted by atomic mass is 32.2. The Labute approximate surface area is 187 Å². The zero-order valence-electron chi connectivity index (χ0n) is 16.4. The number of thioether (sulfide) groups is 1. The van der Waals surface area contributed by atoms with Gasteiger partial charge in [0.25, 0.3) is 5.56 Å². The summed E-state index contributed by atoms with van der Waals surface area (Å²) in [7, 11) is 0. The van der Waals surface area contributed by atoms with Crippen LogP contribution >= 0.6 is 23.1 Å². The van der Waals surface area contributed by atoms with Crippen LogP contribution in [-0.2, 0) is 4.79 Å². The Morgan fingerprint density at radius 3 is 2.55 bits per heavy atom. The number of benzene rings is 2. The Bertz CT molecular complexity index is 1310. The number of carbonyl (C=O) groups excluding carboxylic acids is 1. The Hall–Kier alpha value is -3.41. The van der Waals surface area contributed by atoms with Gasteiger partial charge in [0.15, 0.2) is 5.16 Å². The molecule has 2 aromatic carbocycles. The molecule has 1 N–H and O–H groups in total. The summed E-state index contributed by atoms with van der Waals surface area (Å²) in [6, 6.07) is 23.0. The van der Waals surface area contributed by atoms with Crippen LogP contribution in [0.1, 0.15) is 6.42 Å². The molecule has 2 heterocycles. The highest BCUT2D eigenvalue weighted by Crippen LogP contribution is 2.32. The fraction of sp³-hybridized carbons (Fsp3) is 0.130. The van der Waals surface area contributed by atoms with Crippen LogP contribution in [0.25, 0.3) is 26.3 Å². The highest BCUT2D eigenvalue weighted by molar-refractivity contribution is 7.99. The molecule has 31 heavy (non-hydrogen) atoms. The van der Waals surface area contributed by atoms with Crippen molar-refractivity contribution in [2.75, 3.05) is 12.3 Å². The molecule has 0 aliphatic heterocycles. The van der Waals surface area contributed by atoms with Gasteiger partial charge in [-0.15, -0.1) is 11.3 Å². The van der Waals surface area contributed by atoms with Crippen molar-refractivity contribution in [2.45, 2.75) is 11.6 Å². The van der Waals surface area contributed by atoms with Gasteiger partial charge in [-0.2, -0.15) is 5.26 Å². The molecular formula is C23H18N4O2S2. The van der Waals surface area contributed by atoms with Crippen LogP contribution in [0.4, 0.5) is 0 Å². The lowest BCUT2D eigenvalue weighted by Crippen LogP contribution is -2.27. The van der Waals surface area contributed by atoms with Crippen molar-refractivity contribution < 1.29 is 4.79 Å². The van der Waals surface area contributed by atoms with Gasteiger partial charge in [0.05, 0.1) is 29.3 Å². The van der Waals surface area contributed by atoms with E-state index in [1.165, 1.54) is 23.1 Å². The van der Waals surface area contributed by atoms with Gasteiger partial charge in [-0.1, -0.05) is 60.3 Å². The highest BCUT2D eigenvalue weighted by Gasteiger charge is 2.17. The van der Waals surface area contributed by atoms with Crippen LogP contribution in [-0.4, -0.2) is 27.8 Å². The second-order valence-electron chi connectivity index (χ2n) is 6.61. The standard InChI is InChI=1S/C23H18N4O2S2/c24-12-7-13-25-20(28)15-30-23-26-21-18(14-19(31-21)16-8-3-1-4-9-16)22(29)27(23)17-10-5-2-6-11-17/h1-6,8-11,14H,7,13,15H2,(H,25,28). The topological polar surface area (TPSA) is 87.8 Å². The van der Waals surface area contributed by atoms with Gasteiger partial charge < -0.3 is 5.32 Å². The predicted octanol–water partition coefficient (Wildman–Crippen LogP) is 4.24. The number of para-hydroxylation sites is 1. The minimum atomic E-state index is -0.203. The predicted molar refractivity (Wildman–Crippen MR) is 125 cm³/mol. The third-order valence-corrected chi connectivity index (χ3v) is 6.52. The van der Waals surface area contributed by atoms with E-state index in [1.807, 2.05) is 72.8 Å². The van der Waals surface area contributed by atoms with Gasteiger partial charge in [0.2, 0.25) is 5.91 Å². The fourth-order valence-electron chi connectivity index (χ4n) is 3.05. The van der Waals surface area contributed by atoms with Gasteiger partial charge >= 0.3 is 0 Å². The molecule has 8 heteroatoms. The van der Waals surface area contributed by atoms with Crippen LogP contribution in [0, 0.1) is 11.3 Å². The number of aromatic nitrogens is 2. The number of hydrogen-bond acceptors (Lipinski definition) is 6. The molecule has 2 aromatic heterocycles. The van der Waals surface area contributed by atoms with Crippen molar-refractivity contribution >= 4 is 39.2 Å². The first-order valence-corrected chi connectivity index (χ1v) is 11.4. The summed E-state index contributed by atoms with van der Waals surface area (Å²) in [6.07, 6.45) is 0.257. The first kappa shape index (κ1) is 20.8. The molecule has 4 aromatic rings. The Morgan fingerprint density at radius 1 is 1.13 bits per heavy atom. The first-order chi connectivity index (χ1) is 15.2. The zero-order chi connectivity index (χ0) is 21.6. The van der Waals surface area contributed by atoms with E-state index in [1.54, 1.807) is 4.57 Å². The molecule has 154 valence electrons. The van der Waals surface area contributed by atoms with Crippen molar-refractivity contribution in [2.24, 2.45) is 0 Å². The van der Waals surface area contributed by atoms with Crippen LogP contribution in [0.3, 0.4) is 0 Å². The maximum absolute atomic E-state index is 13.4. The van der Waals surface area contributed by atoms with Crippen LogP contribution < -0.4 is 10.9 Å². The van der Waals surface area contributed by atoms with Gasteiger partial charge in [0, 0.05) is 11.4 Å². The molecule has 0 spiro atoms. The normalized spacial score (nSPS) is 10.7. The summed E-state index contributed by atoms with van der Waals surface area (Å²) in [5.41, 5.74) is 1.56. The fourth-order valence-corrected chi connectivity index (χ4v) is 4.97. The quantitative estimate of drug-likeness (QED) is 0.261. The number of rotatable bonds is 7. The van der Waals surface area contributed by atoms with E-state index in [-0.39, 0.29) is 23.6 Å². The summed E-state index contributed by atoms with van der Waals surface area (Å²) in [5, 5.41) is 12.3. The molecule has 1 amide bonds. The van der Waals surface area contributed by atoms with E-state index in [0.29, 0.717) is 27.6 Å². The van der Waals surface area contributed by atoms with E-state index in [2.05, 4.69) is 5.32 Å². The van der Waals surface area contributed by atoms with Gasteiger partial charge in [0.1, 0.15) is 4.83 Å². The Kier molecular flexibility index (Phi) is 6.46. The summed E-state index contributed by atoms with van der Waals surface area (Å²) >= 11 is 2.67. The second kappa shape index (κ2) is 9.60. The Balaban J connectivity index is 1.75.